The third-order valence-corrected chi connectivity index (χ3v) is 3.25. The lowest BCUT2D eigenvalue weighted by Crippen LogP contribution is -2.48. The standard InChI is InChI=1S/C14H26N2O4/c1-9(12(17)18)15-10-6-5-7-11(8-10)16-13(19)20-14(2,3)4/h9-11,15H,5-8H2,1-4H3,(H,16,19)(H,17,18). The smallest absolute Gasteiger partial charge is 0.407 e. The van der Waals surface area contributed by atoms with Gasteiger partial charge in [-0.3, -0.25) is 4.79 Å². The molecule has 3 atom stereocenters. The molecule has 0 aromatic rings. The van der Waals surface area contributed by atoms with Gasteiger partial charge in [-0.05, 0) is 53.4 Å². The highest BCUT2D eigenvalue weighted by Gasteiger charge is 2.27. The number of carbonyl (C=O) groups excluding carboxylic acids is 1. The van der Waals surface area contributed by atoms with Gasteiger partial charge in [0, 0.05) is 12.1 Å². The molecule has 0 heterocycles. The number of carbonyl (C=O) groups is 2. The second-order valence-electron chi connectivity index (χ2n) is 6.43. The van der Waals surface area contributed by atoms with Gasteiger partial charge in [-0.1, -0.05) is 0 Å². The highest BCUT2D eigenvalue weighted by molar-refractivity contribution is 5.72. The molecule has 6 nitrogen and oxygen atoms in total. The highest BCUT2D eigenvalue weighted by atomic mass is 16.6. The van der Waals surface area contributed by atoms with Gasteiger partial charge in [0.05, 0.1) is 0 Å². The quantitative estimate of drug-likeness (QED) is 0.734. The molecule has 0 aromatic carbocycles. The molecule has 1 amide bonds. The average molecular weight is 286 g/mol. The lowest BCUT2D eigenvalue weighted by atomic mass is 9.90. The van der Waals surface area contributed by atoms with Crippen molar-refractivity contribution < 1.29 is 19.4 Å². The molecule has 0 aliphatic heterocycles. The van der Waals surface area contributed by atoms with Crippen molar-refractivity contribution in [3.05, 3.63) is 0 Å². The minimum Gasteiger partial charge on any atom is -0.480 e. The Hall–Kier alpha value is -1.30. The summed E-state index contributed by atoms with van der Waals surface area (Å²) in [4.78, 5) is 22.6. The number of amides is 1. The number of alkyl carbamates (subject to hydrolysis) is 1. The SMILES string of the molecule is CC(NC1CCCC(NC(=O)OC(C)(C)C)C1)C(=O)O. The first-order chi connectivity index (χ1) is 9.17. The Morgan fingerprint density at radius 1 is 1.25 bits per heavy atom. The molecule has 20 heavy (non-hydrogen) atoms. The van der Waals surface area contributed by atoms with E-state index in [-0.39, 0.29) is 12.1 Å². The van der Waals surface area contributed by atoms with E-state index in [1.807, 2.05) is 20.8 Å². The van der Waals surface area contributed by atoms with Crippen LogP contribution in [0.25, 0.3) is 0 Å². The van der Waals surface area contributed by atoms with Gasteiger partial charge in [-0.2, -0.15) is 0 Å². The summed E-state index contributed by atoms with van der Waals surface area (Å²) >= 11 is 0. The molecule has 0 saturated heterocycles. The maximum atomic E-state index is 11.7. The zero-order valence-corrected chi connectivity index (χ0v) is 12.7. The number of nitrogens with one attached hydrogen (secondary N) is 2. The van der Waals surface area contributed by atoms with Crippen LogP contribution in [0, 0.1) is 0 Å². The number of ether oxygens (including phenoxy) is 1. The van der Waals surface area contributed by atoms with Crippen LogP contribution in [0.1, 0.15) is 53.4 Å². The molecule has 0 spiro atoms. The molecule has 6 heteroatoms. The van der Waals surface area contributed by atoms with Gasteiger partial charge >= 0.3 is 12.1 Å². The van der Waals surface area contributed by atoms with E-state index < -0.39 is 23.7 Å². The molecule has 1 saturated carbocycles. The molecule has 1 fully saturated rings. The van der Waals surface area contributed by atoms with E-state index in [1.165, 1.54) is 0 Å². The molecule has 3 unspecified atom stereocenters. The number of carboxylic acids is 1. The fourth-order valence-corrected chi connectivity index (χ4v) is 2.37. The first-order valence-corrected chi connectivity index (χ1v) is 7.16. The van der Waals surface area contributed by atoms with Crippen LogP contribution in [0.15, 0.2) is 0 Å². The Bertz CT molecular complexity index is 352. The monoisotopic (exact) mass is 286 g/mol. The van der Waals surface area contributed by atoms with Crippen molar-refractivity contribution in [1.82, 2.24) is 10.6 Å². The van der Waals surface area contributed by atoms with E-state index in [2.05, 4.69) is 10.6 Å². The van der Waals surface area contributed by atoms with Gasteiger partial charge in [0.1, 0.15) is 11.6 Å². The number of aliphatic carboxylic acids is 1. The number of hydrogen-bond acceptors (Lipinski definition) is 4. The molecule has 1 aliphatic carbocycles. The summed E-state index contributed by atoms with van der Waals surface area (Å²) in [6, 6.07) is -0.410. The lowest BCUT2D eigenvalue weighted by Gasteiger charge is -2.32. The topological polar surface area (TPSA) is 87.7 Å². The summed E-state index contributed by atoms with van der Waals surface area (Å²) < 4.78 is 5.23. The van der Waals surface area contributed by atoms with Crippen molar-refractivity contribution in [3.63, 3.8) is 0 Å². The summed E-state index contributed by atoms with van der Waals surface area (Å²) in [7, 11) is 0. The van der Waals surface area contributed by atoms with E-state index in [9.17, 15) is 9.59 Å². The maximum Gasteiger partial charge on any atom is 0.407 e. The van der Waals surface area contributed by atoms with E-state index in [0.717, 1.165) is 25.7 Å². The van der Waals surface area contributed by atoms with E-state index in [4.69, 9.17) is 9.84 Å². The number of carboxylic acid groups (broad SMARTS) is 1. The summed E-state index contributed by atoms with van der Waals surface area (Å²) in [5, 5.41) is 14.8. The number of hydrogen-bond donors (Lipinski definition) is 3. The first kappa shape index (κ1) is 16.8. The molecule has 3 N–H and O–H groups in total. The molecule has 1 rings (SSSR count). The molecule has 0 radical (unpaired) electrons. The first-order valence-electron chi connectivity index (χ1n) is 7.16. The zero-order valence-electron chi connectivity index (χ0n) is 12.7. The van der Waals surface area contributed by atoms with Gasteiger partial charge < -0.3 is 20.5 Å². The van der Waals surface area contributed by atoms with E-state index in [0.29, 0.717) is 0 Å². The molecule has 0 aromatic heterocycles. The Kier molecular flexibility index (Phi) is 5.80. The van der Waals surface area contributed by atoms with E-state index >= 15 is 0 Å². The Labute approximate surface area is 120 Å². The van der Waals surface area contributed by atoms with E-state index in [1.54, 1.807) is 6.92 Å². The van der Waals surface area contributed by atoms with Gasteiger partial charge in [-0.25, -0.2) is 4.79 Å². The predicted octanol–water partition coefficient (Wildman–Crippen LogP) is 1.89. The molecule has 1 aliphatic rings. The van der Waals surface area contributed by atoms with Crippen LogP contribution in [0.5, 0.6) is 0 Å². The van der Waals surface area contributed by atoms with Crippen LogP contribution in [-0.2, 0) is 9.53 Å². The van der Waals surface area contributed by atoms with Crippen molar-refractivity contribution in [2.24, 2.45) is 0 Å². The second kappa shape index (κ2) is 6.92. The third kappa shape index (κ3) is 6.23. The third-order valence-electron chi connectivity index (χ3n) is 3.25. The Morgan fingerprint density at radius 3 is 2.40 bits per heavy atom. The maximum absolute atomic E-state index is 11.7. The normalized spacial score (nSPS) is 24.8. The number of rotatable bonds is 4. The summed E-state index contributed by atoms with van der Waals surface area (Å²) in [6.45, 7) is 7.11. The fraction of sp³-hybridized carbons (Fsp3) is 0.857. The van der Waals surface area contributed by atoms with Crippen LogP contribution < -0.4 is 10.6 Å². The minimum absolute atomic E-state index is 0.0390. The Morgan fingerprint density at radius 2 is 1.85 bits per heavy atom. The fourth-order valence-electron chi connectivity index (χ4n) is 2.37. The zero-order chi connectivity index (χ0) is 15.3. The predicted molar refractivity (Wildman–Crippen MR) is 75.6 cm³/mol. The van der Waals surface area contributed by atoms with Crippen LogP contribution in [0.3, 0.4) is 0 Å². The van der Waals surface area contributed by atoms with Crippen LogP contribution in [0.2, 0.25) is 0 Å². The molecular weight excluding hydrogens is 260 g/mol. The highest BCUT2D eigenvalue weighted by Crippen LogP contribution is 2.19. The van der Waals surface area contributed by atoms with Gasteiger partial charge in [0.25, 0.3) is 0 Å². The Balaban J connectivity index is 2.41. The summed E-state index contributed by atoms with van der Waals surface area (Å²) in [5.41, 5.74) is -0.506. The van der Waals surface area contributed by atoms with Crippen molar-refractivity contribution in [2.75, 3.05) is 0 Å². The molecule has 116 valence electrons. The second-order valence-corrected chi connectivity index (χ2v) is 6.43. The summed E-state index contributed by atoms with van der Waals surface area (Å²) in [6.07, 6.45) is 3.12. The van der Waals surface area contributed by atoms with Crippen molar-refractivity contribution in [1.29, 1.82) is 0 Å². The molecular formula is C14H26N2O4. The van der Waals surface area contributed by atoms with Gasteiger partial charge in [-0.15, -0.1) is 0 Å². The van der Waals surface area contributed by atoms with Crippen molar-refractivity contribution >= 4 is 12.1 Å². The van der Waals surface area contributed by atoms with Crippen LogP contribution in [-0.4, -0.2) is 40.9 Å². The van der Waals surface area contributed by atoms with Gasteiger partial charge in [0.15, 0.2) is 0 Å². The lowest BCUT2D eigenvalue weighted by molar-refractivity contribution is -0.139. The summed E-state index contributed by atoms with van der Waals surface area (Å²) in [5.74, 6) is -0.854. The van der Waals surface area contributed by atoms with Crippen LogP contribution in [0.4, 0.5) is 4.79 Å². The van der Waals surface area contributed by atoms with Gasteiger partial charge in [0.2, 0.25) is 0 Å². The largest absolute Gasteiger partial charge is 0.480 e. The van der Waals surface area contributed by atoms with Crippen molar-refractivity contribution in [3.8, 4) is 0 Å². The molecule has 0 bridgehead atoms. The minimum atomic E-state index is -0.854. The van der Waals surface area contributed by atoms with Crippen LogP contribution >= 0.6 is 0 Å². The van der Waals surface area contributed by atoms with Crippen molar-refractivity contribution in [2.45, 2.75) is 77.1 Å². The average Bonchev–Trinajstić information content (AvgIpc) is 2.26.